The lowest BCUT2D eigenvalue weighted by Gasteiger charge is -2.08. The monoisotopic (exact) mass is 442 g/mol. The fraction of sp³-hybridized carbons (Fsp3) is 0.0500. The average Bonchev–Trinajstić information content (AvgIpc) is 3.00. The van der Waals surface area contributed by atoms with Gasteiger partial charge in [0.05, 0.1) is 11.4 Å². The normalized spacial score (nSPS) is 12.1. The van der Waals surface area contributed by atoms with Crippen molar-refractivity contribution >= 4 is 32.3 Å². The van der Waals surface area contributed by atoms with Gasteiger partial charge in [0, 0.05) is 16.8 Å². The van der Waals surface area contributed by atoms with Gasteiger partial charge >= 0.3 is 0 Å². The van der Waals surface area contributed by atoms with Gasteiger partial charge in [-0.25, -0.2) is 4.39 Å². The van der Waals surface area contributed by atoms with Crippen LogP contribution >= 0.6 is 0 Å². The van der Waals surface area contributed by atoms with Gasteiger partial charge in [0.15, 0.2) is 5.69 Å². The van der Waals surface area contributed by atoms with Gasteiger partial charge in [0.25, 0.3) is 10.1 Å². The zero-order valence-corrected chi connectivity index (χ0v) is 16.7. The van der Waals surface area contributed by atoms with Gasteiger partial charge in [-0.15, -0.1) is 10.2 Å². The van der Waals surface area contributed by atoms with E-state index in [0.29, 0.717) is 0 Å². The molecule has 3 N–H and O–H groups in total. The number of aromatic nitrogens is 2. The third-order valence-corrected chi connectivity index (χ3v) is 5.44. The number of halogens is 1. The molecule has 0 fully saturated rings. The Morgan fingerprint density at radius 3 is 2.32 bits per heavy atom. The molecule has 0 aliphatic rings. The van der Waals surface area contributed by atoms with Gasteiger partial charge in [0.2, 0.25) is 5.88 Å². The molecular weight excluding hydrogens is 427 g/mol. The van der Waals surface area contributed by atoms with Crippen molar-refractivity contribution in [3.8, 4) is 17.3 Å². The molecule has 0 saturated carbocycles. The van der Waals surface area contributed by atoms with Crippen molar-refractivity contribution in [2.24, 2.45) is 10.2 Å². The lowest BCUT2D eigenvalue weighted by molar-refractivity contribution is 0.434. The van der Waals surface area contributed by atoms with Crippen LogP contribution in [0.4, 0.5) is 15.8 Å². The predicted molar refractivity (Wildman–Crippen MR) is 110 cm³/mol. The number of aryl methyl sites for hydroxylation is 1. The van der Waals surface area contributed by atoms with Gasteiger partial charge in [-0.3, -0.25) is 4.55 Å². The maximum absolute atomic E-state index is 13.5. The van der Waals surface area contributed by atoms with E-state index in [2.05, 4.69) is 15.3 Å². The molecule has 0 unspecified atom stereocenters. The van der Waals surface area contributed by atoms with Crippen molar-refractivity contribution in [1.29, 1.82) is 0 Å². The smallest absolute Gasteiger partial charge is 0.295 e. The molecule has 4 aromatic rings. The summed E-state index contributed by atoms with van der Waals surface area (Å²) in [4.78, 5) is -0.475. The Kier molecular flexibility index (Phi) is 4.91. The highest BCUT2D eigenvalue weighted by molar-refractivity contribution is 7.86. The second-order valence-electron chi connectivity index (χ2n) is 6.61. The van der Waals surface area contributed by atoms with E-state index < -0.39 is 32.5 Å². The summed E-state index contributed by atoms with van der Waals surface area (Å²) in [5, 5.41) is 33.3. The molecule has 4 rings (SSSR count). The summed E-state index contributed by atoms with van der Waals surface area (Å²) in [5.74, 6) is -1.45. The third kappa shape index (κ3) is 3.71. The molecule has 0 bridgehead atoms. The standard InChI is InChI=1S/C20H15FN4O5S/c1-11-18(20(27)25(24-11)13-6-4-5-12(21)9-13)22-23-19-15-8-3-2-7-14(15)17(10-16(19)26)31(28,29)30/h2-10,26-27H,1H3,(H,28,29,30). The van der Waals surface area contributed by atoms with Crippen molar-refractivity contribution in [1.82, 2.24) is 9.78 Å². The topological polar surface area (TPSA) is 137 Å². The molecule has 0 amide bonds. The largest absolute Gasteiger partial charge is 0.506 e. The Labute approximate surface area is 175 Å². The van der Waals surface area contributed by atoms with E-state index in [0.717, 1.165) is 10.7 Å². The van der Waals surface area contributed by atoms with E-state index in [9.17, 15) is 27.6 Å². The molecule has 3 aromatic carbocycles. The fourth-order valence-corrected chi connectivity index (χ4v) is 3.86. The van der Waals surface area contributed by atoms with Gasteiger partial charge in [-0.05, 0) is 25.1 Å². The van der Waals surface area contributed by atoms with Gasteiger partial charge in [0.1, 0.15) is 22.1 Å². The van der Waals surface area contributed by atoms with E-state index in [-0.39, 0.29) is 33.5 Å². The van der Waals surface area contributed by atoms with Gasteiger partial charge in [-0.1, -0.05) is 30.3 Å². The lowest BCUT2D eigenvalue weighted by atomic mass is 10.1. The fourth-order valence-electron chi connectivity index (χ4n) is 3.14. The summed E-state index contributed by atoms with van der Waals surface area (Å²) < 4.78 is 47.4. The van der Waals surface area contributed by atoms with Crippen LogP contribution in [0.25, 0.3) is 16.5 Å². The zero-order valence-electron chi connectivity index (χ0n) is 15.9. The summed E-state index contributed by atoms with van der Waals surface area (Å²) in [5.41, 5.74) is 0.462. The second kappa shape index (κ2) is 7.45. The predicted octanol–water partition coefficient (Wildman–Crippen LogP) is 4.55. The van der Waals surface area contributed by atoms with Crippen molar-refractivity contribution in [2.75, 3.05) is 0 Å². The minimum absolute atomic E-state index is 0.0217. The molecule has 9 nitrogen and oxygen atoms in total. The Bertz CT molecular complexity index is 1460. The number of aromatic hydroxyl groups is 2. The van der Waals surface area contributed by atoms with E-state index in [4.69, 9.17) is 0 Å². The van der Waals surface area contributed by atoms with E-state index in [1.807, 2.05) is 0 Å². The Morgan fingerprint density at radius 2 is 1.65 bits per heavy atom. The van der Waals surface area contributed by atoms with Crippen molar-refractivity contribution in [2.45, 2.75) is 11.8 Å². The first-order valence-electron chi connectivity index (χ1n) is 8.85. The number of phenolic OH excluding ortho intramolecular Hbond substituents is 1. The van der Waals surface area contributed by atoms with Crippen molar-refractivity contribution in [3.05, 3.63) is 66.1 Å². The number of phenols is 1. The van der Waals surface area contributed by atoms with Gasteiger partial charge in [-0.2, -0.15) is 18.2 Å². The van der Waals surface area contributed by atoms with E-state index >= 15 is 0 Å². The quantitative estimate of drug-likeness (QED) is 0.313. The Balaban J connectivity index is 1.85. The molecule has 0 spiro atoms. The number of hydrogen-bond donors (Lipinski definition) is 3. The lowest BCUT2D eigenvalue weighted by Crippen LogP contribution is -1.99. The minimum Gasteiger partial charge on any atom is -0.506 e. The van der Waals surface area contributed by atoms with Crippen LogP contribution in [0.3, 0.4) is 0 Å². The highest BCUT2D eigenvalue weighted by Crippen LogP contribution is 2.41. The second-order valence-corrected chi connectivity index (χ2v) is 8.00. The van der Waals surface area contributed by atoms with E-state index in [1.165, 1.54) is 30.3 Å². The number of nitrogens with zero attached hydrogens (tertiary/aromatic N) is 4. The summed E-state index contributed by atoms with van der Waals surface area (Å²) in [7, 11) is -4.60. The molecule has 0 atom stereocenters. The third-order valence-electron chi connectivity index (χ3n) is 4.54. The van der Waals surface area contributed by atoms with Crippen LogP contribution < -0.4 is 0 Å². The maximum Gasteiger partial charge on any atom is 0.295 e. The molecule has 1 heterocycles. The van der Waals surface area contributed by atoms with Crippen LogP contribution in [-0.4, -0.2) is 33.0 Å². The first-order valence-corrected chi connectivity index (χ1v) is 10.3. The number of benzene rings is 3. The van der Waals surface area contributed by atoms with Crippen LogP contribution in [0, 0.1) is 12.7 Å². The highest BCUT2D eigenvalue weighted by atomic mass is 32.2. The van der Waals surface area contributed by atoms with Crippen LogP contribution in [0.1, 0.15) is 5.69 Å². The van der Waals surface area contributed by atoms with Crippen LogP contribution in [0.5, 0.6) is 11.6 Å². The molecule has 31 heavy (non-hydrogen) atoms. The maximum atomic E-state index is 13.5. The van der Waals surface area contributed by atoms with Crippen LogP contribution in [0.2, 0.25) is 0 Å². The summed E-state index contributed by atoms with van der Waals surface area (Å²) in [6, 6.07) is 12.4. The van der Waals surface area contributed by atoms with Crippen molar-refractivity contribution < 1.29 is 27.6 Å². The molecular formula is C20H15FN4O5S. The summed E-state index contributed by atoms with van der Waals surface area (Å²) in [6.07, 6.45) is 0. The van der Waals surface area contributed by atoms with E-state index in [1.54, 1.807) is 25.1 Å². The number of azo groups is 1. The Hall–Kier alpha value is -3.83. The van der Waals surface area contributed by atoms with Gasteiger partial charge < -0.3 is 10.2 Å². The minimum atomic E-state index is -4.60. The number of hydrogen-bond acceptors (Lipinski definition) is 7. The highest BCUT2D eigenvalue weighted by Gasteiger charge is 2.20. The molecule has 0 radical (unpaired) electrons. The molecule has 0 saturated heterocycles. The van der Waals surface area contributed by atoms with Crippen molar-refractivity contribution in [3.63, 3.8) is 0 Å². The number of fused-ring (bicyclic) bond motifs is 1. The zero-order chi connectivity index (χ0) is 22.3. The Morgan fingerprint density at radius 1 is 0.968 bits per heavy atom. The molecule has 0 aliphatic carbocycles. The molecule has 11 heteroatoms. The molecule has 0 aliphatic heterocycles. The number of rotatable bonds is 4. The first kappa shape index (κ1) is 20.4. The molecule has 1 aromatic heterocycles. The summed E-state index contributed by atoms with van der Waals surface area (Å²) >= 11 is 0. The first-order chi connectivity index (χ1) is 14.7. The summed E-state index contributed by atoms with van der Waals surface area (Å²) in [6.45, 7) is 1.56. The van der Waals surface area contributed by atoms with Crippen LogP contribution in [0.15, 0.2) is 69.7 Å². The molecule has 158 valence electrons. The SMILES string of the molecule is Cc1nn(-c2cccc(F)c2)c(O)c1N=Nc1c(O)cc(S(=O)(=O)O)c2ccccc12. The average molecular weight is 442 g/mol. The van der Waals surface area contributed by atoms with Crippen LogP contribution in [-0.2, 0) is 10.1 Å².